The van der Waals surface area contributed by atoms with E-state index in [9.17, 15) is 4.79 Å². The van der Waals surface area contributed by atoms with Crippen LogP contribution in [0.15, 0.2) is 30.5 Å². The lowest BCUT2D eigenvalue weighted by Gasteiger charge is -2.14. The summed E-state index contributed by atoms with van der Waals surface area (Å²) >= 11 is 0. The van der Waals surface area contributed by atoms with E-state index in [1.54, 1.807) is 11.8 Å². The number of aromatic amines is 1. The van der Waals surface area contributed by atoms with Crippen molar-refractivity contribution in [1.29, 1.82) is 0 Å². The smallest absolute Gasteiger partial charge is 0.270 e. The summed E-state index contributed by atoms with van der Waals surface area (Å²) in [7, 11) is 3.51. The second-order valence-electron chi connectivity index (χ2n) is 6.68. The zero-order valence-electron chi connectivity index (χ0n) is 14.6. The molecular weight excluding hydrogens is 318 g/mol. The minimum Gasteiger partial charge on any atom is -0.379 e. The van der Waals surface area contributed by atoms with Crippen LogP contribution < -0.4 is 0 Å². The Hall–Kier alpha value is -2.67. The molecule has 3 heterocycles. The van der Waals surface area contributed by atoms with Crippen LogP contribution >= 0.6 is 0 Å². The molecule has 0 aliphatic carbocycles. The molecule has 1 saturated heterocycles. The van der Waals surface area contributed by atoms with Gasteiger partial charge in [0.05, 0.1) is 17.7 Å². The molecule has 1 amide bonds. The number of carbonyl (C=O) groups excluding carboxylic acids is 1. The van der Waals surface area contributed by atoms with Crippen molar-refractivity contribution in [2.45, 2.75) is 18.9 Å². The number of ether oxygens (including phenoxy) is 1. The van der Waals surface area contributed by atoms with Crippen molar-refractivity contribution >= 4 is 16.8 Å². The monoisotopic (exact) mass is 339 g/mol. The Morgan fingerprint density at radius 1 is 1.32 bits per heavy atom. The van der Waals surface area contributed by atoms with Crippen LogP contribution in [-0.2, 0) is 11.8 Å². The van der Waals surface area contributed by atoms with E-state index in [1.165, 1.54) is 0 Å². The van der Waals surface area contributed by atoms with Gasteiger partial charge < -0.3 is 14.6 Å². The van der Waals surface area contributed by atoms with E-state index >= 15 is 0 Å². The van der Waals surface area contributed by atoms with Crippen LogP contribution in [0.25, 0.3) is 10.9 Å². The Labute approximate surface area is 145 Å². The zero-order valence-corrected chi connectivity index (χ0v) is 14.6. The SMILES string of the molecule is CO[C@@H]1CN(C(=O)c2cc3ccc(C)cc3[nH]2)C[C@H]1c1cn(C)nn1. The Bertz CT molecular complexity index is 929. The lowest BCUT2D eigenvalue weighted by Crippen LogP contribution is -2.30. The molecular formula is C18H21N5O2. The summed E-state index contributed by atoms with van der Waals surface area (Å²) in [5.41, 5.74) is 3.61. The van der Waals surface area contributed by atoms with Crippen LogP contribution in [0.5, 0.6) is 0 Å². The van der Waals surface area contributed by atoms with Crippen molar-refractivity contribution < 1.29 is 9.53 Å². The molecule has 25 heavy (non-hydrogen) atoms. The number of H-pyrrole nitrogens is 1. The number of fused-ring (bicyclic) bond motifs is 1. The molecule has 7 nitrogen and oxygen atoms in total. The van der Waals surface area contributed by atoms with Gasteiger partial charge in [-0.1, -0.05) is 17.3 Å². The highest BCUT2D eigenvalue weighted by Gasteiger charge is 2.38. The number of aromatic nitrogens is 4. The number of likely N-dealkylation sites (tertiary alicyclic amines) is 1. The van der Waals surface area contributed by atoms with E-state index in [0.29, 0.717) is 18.8 Å². The fourth-order valence-corrected chi connectivity index (χ4v) is 3.52. The second-order valence-corrected chi connectivity index (χ2v) is 6.68. The molecule has 1 fully saturated rings. The Morgan fingerprint density at radius 3 is 2.88 bits per heavy atom. The van der Waals surface area contributed by atoms with Gasteiger partial charge >= 0.3 is 0 Å². The van der Waals surface area contributed by atoms with Crippen molar-refractivity contribution in [3.8, 4) is 0 Å². The van der Waals surface area contributed by atoms with Gasteiger partial charge in [0, 0.05) is 44.3 Å². The van der Waals surface area contributed by atoms with Crippen molar-refractivity contribution in [2.24, 2.45) is 7.05 Å². The summed E-state index contributed by atoms with van der Waals surface area (Å²) in [5, 5.41) is 9.23. The first-order valence-electron chi connectivity index (χ1n) is 8.33. The normalized spacial score (nSPS) is 20.5. The molecule has 0 unspecified atom stereocenters. The standard InChI is InChI=1S/C18H21N5O2/c1-11-4-5-12-7-15(19-14(12)6-11)18(24)23-8-13(17(10-23)25-3)16-9-22(2)21-20-16/h4-7,9,13,17,19H,8,10H2,1-3H3/t13-,17+/m0/s1. The molecule has 130 valence electrons. The second kappa shape index (κ2) is 6.00. The van der Waals surface area contributed by atoms with Gasteiger partial charge in [0.1, 0.15) is 5.69 Å². The van der Waals surface area contributed by atoms with Crippen LogP contribution in [0, 0.1) is 6.92 Å². The number of nitrogens with zero attached hydrogens (tertiary/aromatic N) is 4. The van der Waals surface area contributed by atoms with Gasteiger partial charge in [0.25, 0.3) is 5.91 Å². The first-order chi connectivity index (χ1) is 12.0. The Morgan fingerprint density at radius 2 is 2.16 bits per heavy atom. The first kappa shape index (κ1) is 15.8. The quantitative estimate of drug-likeness (QED) is 0.790. The predicted octanol–water partition coefficient (Wildman–Crippen LogP) is 1.86. The number of amides is 1. The number of methoxy groups -OCH3 is 1. The molecule has 1 aromatic carbocycles. The van der Waals surface area contributed by atoms with Crippen molar-refractivity contribution in [2.75, 3.05) is 20.2 Å². The van der Waals surface area contributed by atoms with Crippen LogP contribution in [0.1, 0.15) is 27.7 Å². The van der Waals surface area contributed by atoms with Gasteiger partial charge in [-0.2, -0.15) is 0 Å². The van der Waals surface area contributed by atoms with Crippen molar-refractivity contribution in [3.05, 3.63) is 47.4 Å². The molecule has 4 rings (SSSR count). The number of carbonyl (C=O) groups is 1. The Balaban J connectivity index is 1.59. The maximum atomic E-state index is 12.9. The van der Waals surface area contributed by atoms with Gasteiger partial charge in [0.2, 0.25) is 0 Å². The molecule has 7 heteroatoms. The average Bonchev–Trinajstić information content (AvgIpc) is 3.30. The molecule has 0 saturated carbocycles. The molecule has 1 aliphatic heterocycles. The first-order valence-corrected chi connectivity index (χ1v) is 8.33. The minimum absolute atomic E-state index is 0.0118. The summed E-state index contributed by atoms with van der Waals surface area (Å²) in [4.78, 5) is 18.0. The molecule has 3 aromatic rings. The number of rotatable bonds is 3. The molecule has 1 N–H and O–H groups in total. The molecule has 0 bridgehead atoms. The topological polar surface area (TPSA) is 76.0 Å². The van der Waals surface area contributed by atoms with Crippen molar-refractivity contribution in [1.82, 2.24) is 24.9 Å². The maximum Gasteiger partial charge on any atom is 0.270 e. The maximum absolute atomic E-state index is 12.9. The summed E-state index contributed by atoms with van der Waals surface area (Å²) in [5.74, 6) is 0.0246. The third-order valence-corrected chi connectivity index (χ3v) is 4.86. The lowest BCUT2D eigenvalue weighted by atomic mass is 10.0. The number of hydrogen-bond acceptors (Lipinski definition) is 4. The van der Waals surface area contributed by atoms with Crippen LogP contribution in [0.4, 0.5) is 0 Å². The zero-order chi connectivity index (χ0) is 17.6. The molecule has 1 aliphatic rings. The minimum atomic E-state index is -0.0766. The third-order valence-electron chi connectivity index (χ3n) is 4.86. The van der Waals surface area contributed by atoms with Gasteiger partial charge in [0.15, 0.2) is 0 Å². The van der Waals surface area contributed by atoms with Gasteiger partial charge in [-0.25, -0.2) is 0 Å². The summed E-state index contributed by atoms with van der Waals surface area (Å²) in [6, 6.07) is 8.04. The molecule has 0 spiro atoms. The summed E-state index contributed by atoms with van der Waals surface area (Å²) < 4.78 is 7.27. The van der Waals surface area contributed by atoms with Gasteiger partial charge in [-0.15, -0.1) is 5.10 Å². The third kappa shape index (κ3) is 2.80. The predicted molar refractivity (Wildman–Crippen MR) is 93.5 cm³/mol. The fourth-order valence-electron chi connectivity index (χ4n) is 3.52. The number of benzene rings is 1. The van der Waals surface area contributed by atoms with Crippen LogP contribution in [-0.4, -0.2) is 57.1 Å². The highest BCUT2D eigenvalue weighted by molar-refractivity contribution is 5.98. The van der Waals surface area contributed by atoms with E-state index in [2.05, 4.69) is 21.4 Å². The molecule has 2 atom stereocenters. The highest BCUT2D eigenvalue weighted by atomic mass is 16.5. The van der Waals surface area contributed by atoms with E-state index < -0.39 is 0 Å². The molecule has 0 radical (unpaired) electrons. The average molecular weight is 339 g/mol. The van der Waals surface area contributed by atoms with Crippen molar-refractivity contribution in [3.63, 3.8) is 0 Å². The van der Waals surface area contributed by atoms with E-state index in [1.807, 2.05) is 43.3 Å². The van der Waals surface area contributed by atoms with Crippen LogP contribution in [0.3, 0.4) is 0 Å². The lowest BCUT2D eigenvalue weighted by molar-refractivity contribution is 0.0710. The summed E-state index contributed by atoms with van der Waals surface area (Å²) in [6.45, 7) is 3.16. The van der Waals surface area contributed by atoms with Gasteiger partial charge in [-0.05, 0) is 24.6 Å². The van der Waals surface area contributed by atoms with E-state index in [0.717, 1.165) is 22.2 Å². The summed E-state index contributed by atoms with van der Waals surface area (Å²) in [6.07, 6.45) is 1.81. The van der Waals surface area contributed by atoms with Crippen LogP contribution in [0.2, 0.25) is 0 Å². The Kier molecular flexibility index (Phi) is 3.80. The van der Waals surface area contributed by atoms with E-state index in [-0.39, 0.29) is 17.9 Å². The number of nitrogens with one attached hydrogen (secondary N) is 1. The number of aryl methyl sites for hydroxylation is 2. The largest absolute Gasteiger partial charge is 0.379 e. The van der Waals surface area contributed by atoms with Gasteiger partial charge in [-0.3, -0.25) is 9.48 Å². The highest BCUT2D eigenvalue weighted by Crippen LogP contribution is 2.29. The molecule has 2 aromatic heterocycles. The number of hydrogen-bond donors (Lipinski definition) is 1. The van der Waals surface area contributed by atoms with E-state index in [4.69, 9.17) is 4.74 Å². The fraction of sp³-hybridized carbons (Fsp3) is 0.389.